The summed E-state index contributed by atoms with van der Waals surface area (Å²) >= 11 is 0. The molecule has 4 atom stereocenters. The van der Waals surface area contributed by atoms with E-state index in [0.717, 1.165) is 56.3 Å². The number of terminal acetylenes is 1. The minimum atomic E-state index is 0.0848. The van der Waals surface area contributed by atoms with Gasteiger partial charge in [-0.05, 0) is 72.7 Å². The molecule has 49 heavy (non-hydrogen) atoms. The molecular formula is C40H49FN6O2. The zero-order chi connectivity index (χ0) is 36.6. The third-order valence-corrected chi connectivity index (χ3v) is 10.3. The van der Waals surface area contributed by atoms with E-state index in [1.165, 1.54) is 24.1 Å². The van der Waals surface area contributed by atoms with Crippen LogP contribution in [0, 0.1) is 29.1 Å². The monoisotopic (exact) mass is 665 g/mol. The van der Waals surface area contributed by atoms with E-state index in [-0.39, 0.29) is 22.4 Å². The van der Waals surface area contributed by atoms with Gasteiger partial charge in [-0.25, -0.2) is 4.68 Å². The Morgan fingerprint density at radius 1 is 0.939 bits per heavy atom. The van der Waals surface area contributed by atoms with Crippen molar-refractivity contribution in [3.63, 3.8) is 0 Å². The van der Waals surface area contributed by atoms with Crippen molar-refractivity contribution in [2.24, 2.45) is 21.9 Å². The number of carbonyl (C=O) groups excluding carboxylic acids is 2. The van der Waals surface area contributed by atoms with Crippen LogP contribution in [0.3, 0.4) is 0 Å². The number of fused-ring (bicyclic) bond motifs is 2. The lowest BCUT2D eigenvalue weighted by atomic mass is 9.69. The molecule has 0 amide bonds. The minimum absolute atomic E-state index is 0.0848. The Kier molecular flexibility index (Phi) is 13.7. The van der Waals surface area contributed by atoms with Crippen LogP contribution in [0.1, 0.15) is 96.7 Å². The number of rotatable bonds is 5. The SMILES string of the molecule is C#C[C@H]1CCC2=CC(=O)CC[C@@]21C.CF.C[C@]12CCC(=O)C=C1CC[C@@H]2c1cn(Cc2ccccc2)nn1.[2H]C.[N-]=[N+]=NCc1ccccc1. The van der Waals surface area contributed by atoms with Crippen molar-refractivity contribution >= 4 is 11.6 Å². The average Bonchev–Trinajstić information content (AvgIpc) is 3.85. The van der Waals surface area contributed by atoms with Crippen LogP contribution in [-0.4, -0.2) is 33.7 Å². The Balaban J connectivity index is 0.000000212. The molecule has 0 N–H and O–H groups in total. The van der Waals surface area contributed by atoms with Crippen LogP contribution in [0.25, 0.3) is 10.4 Å². The Hall–Kier alpha value is -4.80. The maximum absolute atomic E-state index is 11.7. The lowest BCUT2D eigenvalue weighted by molar-refractivity contribution is -0.116. The number of nitrogens with zero attached hydrogens (tertiary/aromatic N) is 6. The van der Waals surface area contributed by atoms with E-state index in [4.69, 9.17) is 13.3 Å². The standard InChI is InChI=1S/C19H21N3O.C12H14O.C7H7N3.CH3F.CH4/c1-19-10-9-16(23)11-15(19)7-8-17(19)18-13-22(21-20-18)12-14-5-3-2-4-6-14;1-3-9-4-5-10-8-11(13)6-7-12(9,10)2;8-10-9-6-7-4-2-1-3-5-7;1-2;/h2-6,11,13,17H,7-10,12H2,1H3;1,8-9H,4-7H2,2H3;1-5H,6H2;1H3;1H4/t17-,19+;9-,12+;;;/m10.../s1/i;;;;1D. The predicted molar refractivity (Wildman–Crippen MR) is 193 cm³/mol. The van der Waals surface area contributed by atoms with Gasteiger partial charge in [-0.3, -0.25) is 14.0 Å². The van der Waals surface area contributed by atoms with Gasteiger partial charge in [-0.2, -0.15) is 0 Å². The summed E-state index contributed by atoms with van der Waals surface area (Å²) in [5, 5.41) is 12.2. The van der Waals surface area contributed by atoms with Crippen molar-refractivity contribution in [2.75, 3.05) is 7.18 Å². The number of azide groups is 1. The van der Waals surface area contributed by atoms with Gasteiger partial charge in [0.1, 0.15) is 0 Å². The van der Waals surface area contributed by atoms with Gasteiger partial charge in [0, 0.05) is 42.6 Å². The average molecular weight is 666 g/mol. The van der Waals surface area contributed by atoms with Crippen molar-refractivity contribution < 1.29 is 15.4 Å². The first-order valence-electron chi connectivity index (χ1n) is 17.6. The normalized spacial score (nSPS) is 24.7. The van der Waals surface area contributed by atoms with E-state index in [1.807, 2.05) is 65.4 Å². The number of aromatic nitrogens is 3. The highest BCUT2D eigenvalue weighted by Crippen LogP contribution is 2.56. The van der Waals surface area contributed by atoms with Crippen LogP contribution in [0.4, 0.5) is 4.39 Å². The number of hydrogen-bond acceptors (Lipinski definition) is 5. The molecule has 4 aliphatic rings. The van der Waals surface area contributed by atoms with Crippen molar-refractivity contribution in [3.05, 3.63) is 117 Å². The highest BCUT2D eigenvalue weighted by atomic mass is 19.1. The van der Waals surface area contributed by atoms with E-state index < -0.39 is 0 Å². The molecule has 3 aromatic rings. The van der Waals surface area contributed by atoms with E-state index in [9.17, 15) is 14.0 Å². The summed E-state index contributed by atoms with van der Waals surface area (Å²) in [4.78, 5) is 25.6. The Bertz CT molecular complexity index is 1710. The molecule has 0 radical (unpaired) electrons. The molecule has 8 nitrogen and oxygen atoms in total. The summed E-state index contributed by atoms with van der Waals surface area (Å²) in [5.74, 6) is 4.17. The Morgan fingerprint density at radius 3 is 2.08 bits per heavy atom. The van der Waals surface area contributed by atoms with Gasteiger partial charge in [-0.15, -0.1) is 17.4 Å². The molecule has 0 unspecified atom stereocenters. The second kappa shape index (κ2) is 18.1. The minimum Gasteiger partial charge on any atom is -0.295 e. The third-order valence-electron chi connectivity index (χ3n) is 10.3. The van der Waals surface area contributed by atoms with Crippen molar-refractivity contribution in [1.82, 2.24) is 15.0 Å². The fraction of sp³-hybridized carbons (Fsp3) is 0.450. The van der Waals surface area contributed by atoms with Crippen LogP contribution < -0.4 is 0 Å². The molecule has 4 aliphatic carbocycles. The lowest BCUT2D eigenvalue weighted by Gasteiger charge is -2.34. The van der Waals surface area contributed by atoms with Crippen molar-refractivity contribution in [3.8, 4) is 12.3 Å². The number of benzene rings is 2. The molecule has 1 aromatic heterocycles. The molecule has 0 saturated heterocycles. The maximum atomic E-state index is 11.7. The highest BCUT2D eigenvalue weighted by molar-refractivity contribution is 5.92. The first-order chi connectivity index (χ1) is 24.2. The summed E-state index contributed by atoms with van der Waals surface area (Å²) in [5.41, 5.74) is 14.2. The van der Waals surface area contributed by atoms with Crippen LogP contribution in [0.2, 0.25) is 0 Å². The van der Waals surface area contributed by atoms with E-state index in [1.54, 1.807) is 0 Å². The zero-order valence-electron chi connectivity index (χ0n) is 30.2. The van der Waals surface area contributed by atoms with E-state index in [0.29, 0.717) is 38.4 Å². The molecule has 2 fully saturated rings. The van der Waals surface area contributed by atoms with Gasteiger partial charge in [0.05, 0.1) is 26.0 Å². The molecule has 2 aromatic carbocycles. The van der Waals surface area contributed by atoms with Crippen LogP contribution in [0.15, 0.2) is 95.3 Å². The molecule has 0 bridgehead atoms. The van der Waals surface area contributed by atoms with E-state index in [2.05, 4.69) is 58.4 Å². The topological polar surface area (TPSA) is 114 Å². The number of alkyl halides is 1. The van der Waals surface area contributed by atoms with Crippen LogP contribution >= 0.6 is 0 Å². The number of hydrogen-bond donors (Lipinski definition) is 0. The molecule has 7 rings (SSSR count). The van der Waals surface area contributed by atoms with Gasteiger partial charge in [0.25, 0.3) is 0 Å². The fourth-order valence-electron chi connectivity index (χ4n) is 7.46. The summed E-state index contributed by atoms with van der Waals surface area (Å²) in [6, 6.07) is 19.9. The fourth-order valence-corrected chi connectivity index (χ4v) is 7.46. The van der Waals surface area contributed by atoms with Crippen molar-refractivity contribution in [2.45, 2.75) is 91.6 Å². The molecular weight excluding hydrogens is 615 g/mol. The van der Waals surface area contributed by atoms with Gasteiger partial charge < -0.3 is 0 Å². The van der Waals surface area contributed by atoms with Gasteiger partial charge >= 0.3 is 0 Å². The summed E-state index contributed by atoms with van der Waals surface area (Å²) < 4.78 is 17.2. The smallest absolute Gasteiger partial charge is 0.155 e. The van der Waals surface area contributed by atoms with Crippen LogP contribution in [-0.2, 0) is 22.7 Å². The zero-order valence-corrected chi connectivity index (χ0v) is 29.2. The maximum Gasteiger partial charge on any atom is 0.155 e. The van der Waals surface area contributed by atoms with Crippen LogP contribution in [0.5, 0.6) is 0 Å². The number of halogens is 1. The quantitative estimate of drug-likeness (QED) is 0.117. The first kappa shape index (κ1) is 37.0. The Morgan fingerprint density at radius 2 is 1.49 bits per heavy atom. The largest absolute Gasteiger partial charge is 0.295 e. The highest BCUT2D eigenvalue weighted by Gasteiger charge is 2.46. The third kappa shape index (κ3) is 9.43. The van der Waals surface area contributed by atoms with E-state index >= 15 is 0 Å². The van der Waals surface area contributed by atoms with Crippen molar-refractivity contribution in [1.29, 1.82) is 0 Å². The summed E-state index contributed by atoms with van der Waals surface area (Å²) in [6.07, 6.45) is 18.7. The van der Waals surface area contributed by atoms with Gasteiger partial charge in [-0.1, -0.05) is 103 Å². The second-order valence-electron chi connectivity index (χ2n) is 13.2. The molecule has 9 heteroatoms. The molecule has 0 spiro atoms. The van der Waals surface area contributed by atoms with Gasteiger partial charge in [0.15, 0.2) is 11.6 Å². The van der Waals surface area contributed by atoms with Gasteiger partial charge in [0.2, 0.25) is 0 Å². The summed E-state index contributed by atoms with van der Waals surface area (Å²) in [7, 11) is 1.75. The number of allylic oxidation sites excluding steroid dienone is 4. The lowest BCUT2D eigenvalue weighted by Crippen LogP contribution is -2.27. The molecule has 2 saturated carbocycles. The Labute approximate surface area is 291 Å². The number of carbonyl (C=O) groups is 2. The second-order valence-corrected chi connectivity index (χ2v) is 13.2. The number of ketones is 2. The summed E-state index contributed by atoms with van der Waals surface area (Å²) in [6.45, 7) is 5.69. The predicted octanol–water partition coefficient (Wildman–Crippen LogP) is 9.54. The molecule has 258 valence electrons. The molecule has 0 aliphatic heterocycles. The molecule has 1 heterocycles. The first-order valence-corrected chi connectivity index (χ1v) is 16.6.